The van der Waals surface area contributed by atoms with E-state index in [-0.39, 0.29) is 5.91 Å². The van der Waals surface area contributed by atoms with Crippen LogP contribution in [0.2, 0.25) is 0 Å². The van der Waals surface area contributed by atoms with Crippen LogP contribution in [0.25, 0.3) is 0 Å². The summed E-state index contributed by atoms with van der Waals surface area (Å²) < 4.78 is 5.15. The van der Waals surface area contributed by atoms with Gasteiger partial charge in [0.05, 0.1) is 18.5 Å². The van der Waals surface area contributed by atoms with Gasteiger partial charge in [0.2, 0.25) is 0 Å². The Morgan fingerprint density at radius 1 is 1.08 bits per heavy atom. The van der Waals surface area contributed by atoms with Crippen molar-refractivity contribution in [3.63, 3.8) is 0 Å². The van der Waals surface area contributed by atoms with E-state index in [4.69, 9.17) is 4.74 Å². The van der Waals surface area contributed by atoms with Gasteiger partial charge in [0.25, 0.3) is 5.91 Å². The number of aromatic nitrogens is 2. The van der Waals surface area contributed by atoms with Crippen LogP contribution in [0.4, 0.5) is 5.82 Å². The molecule has 3 rings (SSSR count). The Balaban J connectivity index is 1.70. The number of aryl methyl sites for hydroxylation is 2. The van der Waals surface area contributed by atoms with E-state index in [1.54, 1.807) is 13.3 Å². The fraction of sp³-hybridized carbons (Fsp3) is 0.421. The SMILES string of the molecule is COc1ccc(C(=O)N2CCCN(c3nc(C)cnc3C)CC2)cc1. The molecule has 1 aliphatic rings. The number of methoxy groups -OCH3 is 1. The largest absolute Gasteiger partial charge is 0.497 e. The number of carbonyl (C=O) groups is 1. The monoisotopic (exact) mass is 340 g/mol. The number of ether oxygens (including phenoxy) is 1. The van der Waals surface area contributed by atoms with E-state index in [2.05, 4.69) is 14.9 Å². The molecule has 1 aliphatic heterocycles. The third-order valence-electron chi connectivity index (χ3n) is 4.47. The highest BCUT2D eigenvalue weighted by atomic mass is 16.5. The number of hydrogen-bond donors (Lipinski definition) is 0. The highest BCUT2D eigenvalue weighted by molar-refractivity contribution is 5.94. The maximum Gasteiger partial charge on any atom is 0.253 e. The summed E-state index contributed by atoms with van der Waals surface area (Å²) in [5, 5.41) is 0. The second kappa shape index (κ2) is 7.51. The molecule has 6 heteroatoms. The van der Waals surface area contributed by atoms with Gasteiger partial charge < -0.3 is 14.5 Å². The molecule has 0 bridgehead atoms. The van der Waals surface area contributed by atoms with E-state index in [1.165, 1.54) is 0 Å². The minimum atomic E-state index is 0.0663. The topological polar surface area (TPSA) is 58.6 Å². The van der Waals surface area contributed by atoms with Gasteiger partial charge >= 0.3 is 0 Å². The molecule has 0 saturated carbocycles. The molecule has 0 unspecified atom stereocenters. The number of anilines is 1. The fourth-order valence-electron chi connectivity index (χ4n) is 3.07. The molecular formula is C19H24N4O2. The quantitative estimate of drug-likeness (QED) is 0.859. The van der Waals surface area contributed by atoms with Crippen molar-refractivity contribution < 1.29 is 9.53 Å². The fourth-order valence-corrected chi connectivity index (χ4v) is 3.07. The summed E-state index contributed by atoms with van der Waals surface area (Å²) in [6.45, 7) is 7.01. The molecule has 1 amide bonds. The Labute approximate surface area is 148 Å². The summed E-state index contributed by atoms with van der Waals surface area (Å²) in [7, 11) is 1.62. The van der Waals surface area contributed by atoms with Gasteiger partial charge in [-0.2, -0.15) is 0 Å². The normalized spacial score (nSPS) is 15.0. The highest BCUT2D eigenvalue weighted by Gasteiger charge is 2.22. The molecule has 25 heavy (non-hydrogen) atoms. The molecule has 6 nitrogen and oxygen atoms in total. The average Bonchev–Trinajstić information content (AvgIpc) is 2.89. The van der Waals surface area contributed by atoms with Crippen molar-refractivity contribution in [2.24, 2.45) is 0 Å². The van der Waals surface area contributed by atoms with Gasteiger partial charge in [-0.1, -0.05) is 0 Å². The lowest BCUT2D eigenvalue weighted by Gasteiger charge is -2.24. The summed E-state index contributed by atoms with van der Waals surface area (Å²) in [6, 6.07) is 7.28. The van der Waals surface area contributed by atoms with Gasteiger partial charge in [0, 0.05) is 37.9 Å². The first-order chi connectivity index (χ1) is 12.1. The number of benzene rings is 1. The summed E-state index contributed by atoms with van der Waals surface area (Å²) in [5.74, 6) is 1.75. The lowest BCUT2D eigenvalue weighted by Crippen LogP contribution is -2.35. The van der Waals surface area contributed by atoms with Crippen molar-refractivity contribution in [2.45, 2.75) is 20.3 Å². The van der Waals surface area contributed by atoms with Gasteiger partial charge in [-0.15, -0.1) is 0 Å². The maximum atomic E-state index is 12.8. The number of nitrogens with zero attached hydrogens (tertiary/aromatic N) is 4. The van der Waals surface area contributed by atoms with Crippen LogP contribution in [0.5, 0.6) is 5.75 Å². The van der Waals surface area contributed by atoms with Crippen LogP contribution in [0.15, 0.2) is 30.5 Å². The van der Waals surface area contributed by atoms with Crippen LogP contribution in [0.1, 0.15) is 28.2 Å². The van der Waals surface area contributed by atoms with Crippen molar-refractivity contribution in [1.29, 1.82) is 0 Å². The molecule has 1 saturated heterocycles. The third-order valence-corrected chi connectivity index (χ3v) is 4.47. The molecule has 1 aromatic heterocycles. The molecule has 2 heterocycles. The van der Waals surface area contributed by atoms with Crippen LogP contribution in [0.3, 0.4) is 0 Å². The third kappa shape index (κ3) is 3.90. The number of hydrogen-bond acceptors (Lipinski definition) is 5. The first kappa shape index (κ1) is 17.2. The van der Waals surface area contributed by atoms with Gasteiger partial charge in [0.1, 0.15) is 11.6 Å². The Morgan fingerprint density at radius 3 is 2.56 bits per heavy atom. The van der Waals surface area contributed by atoms with Crippen molar-refractivity contribution in [3.8, 4) is 5.75 Å². The summed E-state index contributed by atoms with van der Waals surface area (Å²) in [6.07, 6.45) is 2.70. The Hall–Kier alpha value is -2.63. The molecule has 1 aromatic carbocycles. The molecule has 2 aromatic rings. The summed E-state index contributed by atoms with van der Waals surface area (Å²) in [5.41, 5.74) is 2.54. The zero-order valence-corrected chi connectivity index (χ0v) is 15.0. The van der Waals surface area contributed by atoms with Gasteiger partial charge in [-0.25, -0.2) is 4.98 Å². The predicted octanol–water partition coefficient (Wildman–Crippen LogP) is 2.45. The van der Waals surface area contributed by atoms with Crippen LogP contribution >= 0.6 is 0 Å². The lowest BCUT2D eigenvalue weighted by molar-refractivity contribution is 0.0767. The van der Waals surface area contributed by atoms with Crippen LogP contribution < -0.4 is 9.64 Å². The molecule has 0 N–H and O–H groups in total. The van der Waals surface area contributed by atoms with Crippen molar-refractivity contribution in [2.75, 3.05) is 38.2 Å². The molecule has 1 fully saturated rings. The van der Waals surface area contributed by atoms with Gasteiger partial charge in [0.15, 0.2) is 0 Å². The average molecular weight is 340 g/mol. The van der Waals surface area contributed by atoms with Gasteiger partial charge in [-0.05, 0) is 44.5 Å². The van der Waals surface area contributed by atoms with E-state index in [1.807, 2.05) is 43.0 Å². The number of carbonyl (C=O) groups excluding carboxylic acids is 1. The first-order valence-corrected chi connectivity index (χ1v) is 8.57. The Kier molecular flexibility index (Phi) is 5.16. The Bertz CT molecular complexity index is 746. The lowest BCUT2D eigenvalue weighted by atomic mass is 10.2. The van der Waals surface area contributed by atoms with Crippen molar-refractivity contribution >= 4 is 11.7 Å². The first-order valence-electron chi connectivity index (χ1n) is 8.57. The van der Waals surface area contributed by atoms with E-state index in [0.29, 0.717) is 12.1 Å². The molecule has 0 spiro atoms. The molecule has 0 aliphatic carbocycles. The molecule has 0 atom stereocenters. The van der Waals surface area contributed by atoms with E-state index in [0.717, 1.165) is 49.0 Å². The minimum absolute atomic E-state index is 0.0663. The van der Waals surface area contributed by atoms with Crippen LogP contribution in [0, 0.1) is 13.8 Å². The van der Waals surface area contributed by atoms with E-state index in [9.17, 15) is 4.79 Å². The van der Waals surface area contributed by atoms with E-state index < -0.39 is 0 Å². The number of rotatable bonds is 3. The zero-order chi connectivity index (χ0) is 17.8. The second-order valence-electron chi connectivity index (χ2n) is 6.28. The zero-order valence-electron chi connectivity index (χ0n) is 15.0. The van der Waals surface area contributed by atoms with Crippen LogP contribution in [-0.4, -0.2) is 54.1 Å². The van der Waals surface area contributed by atoms with Crippen LogP contribution in [-0.2, 0) is 0 Å². The van der Waals surface area contributed by atoms with Crippen molar-refractivity contribution in [1.82, 2.24) is 14.9 Å². The predicted molar refractivity (Wildman–Crippen MR) is 97.2 cm³/mol. The number of amides is 1. The van der Waals surface area contributed by atoms with Gasteiger partial charge in [-0.3, -0.25) is 9.78 Å². The maximum absolute atomic E-state index is 12.8. The Morgan fingerprint density at radius 2 is 1.84 bits per heavy atom. The van der Waals surface area contributed by atoms with Crippen molar-refractivity contribution in [3.05, 3.63) is 47.4 Å². The smallest absolute Gasteiger partial charge is 0.253 e. The summed E-state index contributed by atoms with van der Waals surface area (Å²) in [4.78, 5) is 25.9. The molecule has 0 radical (unpaired) electrons. The van der Waals surface area contributed by atoms with E-state index >= 15 is 0 Å². The molecule has 132 valence electrons. The summed E-state index contributed by atoms with van der Waals surface area (Å²) >= 11 is 0. The molecular weight excluding hydrogens is 316 g/mol. The second-order valence-corrected chi connectivity index (χ2v) is 6.28. The highest BCUT2D eigenvalue weighted by Crippen LogP contribution is 2.19. The minimum Gasteiger partial charge on any atom is -0.497 e. The standard InChI is InChI=1S/C19H24N4O2/c1-14-13-20-15(2)18(21-14)22-9-4-10-23(12-11-22)19(24)16-5-7-17(25-3)8-6-16/h5-8,13H,4,9-12H2,1-3H3.